The lowest BCUT2D eigenvalue weighted by molar-refractivity contribution is -0.129. The van der Waals surface area contributed by atoms with Crippen molar-refractivity contribution in [3.8, 4) is 12.3 Å². The summed E-state index contributed by atoms with van der Waals surface area (Å²) in [4.78, 5) is 13.4. The summed E-state index contributed by atoms with van der Waals surface area (Å²) in [7, 11) is 0. The molecule has 0 atom stereocenters. The Kier molecular flexibility index (Phi) is 5.31. The van der Waals surface area contributed by atoms with Gasteiger partial charge in [-0.05, 0) is 12.5 Å². The Balaban J connectivity index is 2.79. The molecule has 1 rings (SSSR count). The fourth-order valence-electron chi connectivity index (χ4n) is 1.63. The van der Waals surface area contributed by atoms with E-state index in [-0.39, 0.29) is 24.4 Å². The molecule has 0 saturated carbocycles. The van der Waals surface area contributed by atoms with Gasteiger partial charge in [-0.15, -0.1) is 6.42 Å². The third-order valence-corrected chi connectivity index (χ3v) is 2.50. The van der Waals surface area contributed by atoms with Crippen LogP contribution >= 0.6 is 0 Å². The maximum Gasteiger partial charge on any atom is 0.227 e. The summed E-state index contributed by atoms with van der Waals surface area (Å²) in [6.07, 6.45) is 5.75. The zero-order chi connectivity index (χ0) is 13.5. The van der Waals surface area contributed by atoms with E-state index in [1.165, 1.54) is 17.0 Å². The molecule has 0 saturated heterocycles. The van der Waals surface area contributed by atoms with E-state index < -0.39 is 11.6 Å². The van der Waals surface area contributed by atoms with Crippen molar-refractivity contribution in [1.82, 2.24) is 4.90 Å². The monoisotopic (exact) mass is 251 g/mol. The van der Waals surface area contributed by atoms with Crippen LogP contribution in [0.2, 0.25) is 0 Å². The van der Waals surface area contributed by atoms with E-state index in [4.69, 9.17) is 6.42 Å². The highest BCUT2D eigenvalue weighted by Crippen LogP contribution is 2.13. The second-order valence-electron chi connectivity index (χ2n) is 3.91. The zero-order valence-corrected chi connectivity index (χ0v) is 10.2. The molecule has 2 nitrogen and oxygen atoms in total. The van der Waals surface area contributed by atoms with Gasteiger partial charge in [-0.2, -0.15) is 0 Å². The lowest BCUT2D eigenvalue weighted by Gasteiger charge is -2.19. The number of benzene rings is 1. The van der Waals surface area contributed by atoms with Gasteiger partial charge in [0.05, 0.1) is 13.0 Å². The molecule has 1 aromatic rings. The Morgan fingerprint density at radius 2 is 2.17 bits per heavy atom. The van der Waals surface area contributed by atoms with Crippen LogP contribution in [0.5, 0.6) is 0 Å². The molecule has 18 heavy (non-hydrogen) atoms. The number of amides is 1. The van der Waals surface area contributed by atoms with Crippen LogP contribution in [0, 0.1) is 24.0 Å². The first-order valence-corrected chi connectivity index (χ1v) is 5.74. The molecular formula is C14H15F2NO. The maximum atomic E-state index is 13.4. The first-order valence-electron chi connectivity index (χ1n) is 5.74. The number of hydrogen-bond donors (Lipinski definition) is 0. The summed E-state index contributed by atoms with van der Waals surface area (Å²) >= 11 is 0. The van der Waals surface area contributed by atoms with Gasteiger partial charge in [0, 0.05) is 12.1 Å². The fourth-order valence-corrected chi connectivity index (χ4v) is 1.63. The van der Waals surface area contributed by atoms with E-state index in [1.807, 2.05) is 6.92 Å². The summed E-state index contributed by atoms with van der Waals surface area (Å²) < 4.78 is 26.4. The second kappa shape index (κ2) is 6.75. The minimum atomic E-state index is -0.969. The molecule has 0 radical (unpaired) electrons. The summed E-state index contributed by atoms with van der Waals surface area (Å²) in [6, 6.07) is 3.80. The van der Waals surface area contributed by atoms with Crippen LogP contribution < -0.4 is 0 Å². The lowest BCUT2D eigenvalue weighted by atomic mass is 10.1. The molecule has 96 valence electrons. The number of rotatable bonds is 5. The normalized spacial score (nSPS) is 9.89. The average Bonchev–Trinajstić information content (AvgIpc) is 2.34. The Morgan fingerprint density at radius 1 is 1.44 bits per heavy atom. The van der Waals surface area contributed by atoms with Crippen LogP contribution in [0.25, 0.3) is 0 Å². The Bertz CT molecular complexity index is 465. The van der Waals surface area contributed by atoms with Crippen molar-refractivity contribution in [2.24, 2.45) is 0 Å². The lowest BCUT2D eigenvalue weighted by Crippen LogP contribution is -2.33. The molecule has 1 aromatic carbocycles. The molecule has 4 heteroatoms. The molecule has 0 N–H and O–H groups in total. The van der Waals surface area contributed by atoms with Crippen molar-refractivity contribution in [2.45, 2.75) is 19.8 Å². The van der Waals surface area contributed by atoms with Gasteiger partial charge in [0.1, 0.15) is 0 Å². The van der Waals surface area contributed by atoms with Gasteiger partial charge < -0.3 is 4.90 Å². The topological polar surface area (TPSA) is 20.3 Å². The predicted molar refractivity (Wildman–Crippen MR) is 65.8 cm³/mol. The summed E-state index contributed by atoms with van der Waals surface area (Å²) in [5.74, 6) is 0.176. The molecule has 0 fully saturated rings. The van der Waals surface area contributed by atoms with Crippen molar-refractivity contribution in [3.05, 3.63) is 35.4 Å². The number of terminal acetylenes is 1. The minimum Gasteiger partial charge on any atom is -0.331 e. The van der Waals surface area contributed by atoms with Gasteiger partial charge in [-0.25, -0.2) is 8.78 Å². The highest BCUT2D eigenvalue weighted by Gasteiger charge is 2.16. The number of hydrogen-bond acceptors (Lipinski definition) is 1. The number of nitrogens with zero attached hydrogens (tertiary/aromatic N) is 1. The molecule has 0 bridgehead atoms. The average molecular weight is 251 g/mol. The van der Waals surface area contributed by atoms with Gasteiger partial charge in [0.15, 0.2) is 11.6 Å². The standard InChI is InChI=1S/C14H15F2NO/c1-3-8-17(9-4-2)13(18)10-11-6-5-7-12(15)14(11)16/h1,5-7H,4,8-10H2,2H3. The third kappa shape index (κ3) is 3.56. The quantitative estimate of drug-likeness (QED) is 0.736. The second-order valence-corrected chi connectivity index (χ2v) is 3.91. The number of halogens is 2. The highest BCUT2D eigenvalue weighted by molar-refractivity contribution is 5.79. The van der Waals surface area contributed by atoms with Gasteiger partial charge in [-0.1, -0.05) is 25.0 Å². The van der Waals surface area contributed by atoms with Gasteiger partial charge in [-0.3, -0.25) is 4.79 Å². The van der Waals surface area contributed by atoms with Crippen LogP contribution in [0.4, 0.5) is 8.78 Å². The maximum absolute atomic E-state index is 13.4. The van der Waals surface area contributed by atoms with E-state index >= 15 is 0 Å². The van der Waals surface area contributed by atoms with E-state index in [2.05, 4.69) is 5.92 Å². The van der Waals surface area contributed by atoms with Crippen LogP contribution in [-0.2, 0) is 11.2 Å². The zero-order valence-electron chi connectivity index (χ0n) is 10.2. The number of carbonyl (C=O) groups excluding carboxylic acids is 1. The highest BCUT2D eigenvalue weighted by atomic mass is 19.2. The van der Waals surface area contributed by atoms with E-state index in [1.54, 1.807) is 0 Å². The van der Waals surface area contributed by atoms with Crippen molar-refractivity contribution in [2.75, 3.05) is 13.1 Å². The SMILES string of the molecule is C#CCN(CCC)C(=O)Cc1cccc(F)c1F. The minimum absolute atomic E-state index is 0.0538. The molecule has 0 heterocycles. The van der Waals surface area contributed by atoms with Gasteiger partial charge >= 0.3 is 0 Å². The smallest absolute Gasteiger partial charge is 0.227 e. The van der Waals surface area contributed by atoms with Crippen molar-refractivity contribution >= 4 is 5.91 Å². The van der Waals surface area contributed by atoms with Gasteiger partial charge in [0.25, 0.3) is 0 Å². The van der Waals surface area contributed by atoms with E-state index in [0.717, 1.165) is 12.5 Å². The molecule has 0 spiro atoms. The van der Waals surface area contributed by atoms with Crippen LogP contribution in [-0.4, -0.2) is 23.9 Å². The molecule has 0 aliphatic heterocycles. The molecule has 0 aliphatic carbocycles. The van der Waals surface area contributed by atoms with Crippen LogP contribution in [0.1, 0.15) is 18.9 Å². The van der Waals surface area contributed by atoms with Crippen LogP contribution in [0.3, 0.4) is 0 Å². The Hall–Kier alpha value is -1.89. The van der Waals surface area contributed by atoms with Gasteiger partial charge in [0.2, 0.25) is 5.91 Å². The molecule has 0 aliphatic rings. The Morgan fingerprint density at radius 3 is 2.78 bits per heavy atom. The summed E-state index contributed by atoms with van der Waals surface area (Å²) in [5, 5.41) is 0. The molecule has 1 amide bonds. The van der Waals surface area contributed by atoms with E-state index in [9.17, 15) is 13.6 Å². The molecule has 0 aromatic heterocycles. The fraction of sp³-hybridized carbons (Fsp3) is 0.357. The first kappa shape index (κ1) is 14.2. The largest absolute Gasteiger partial charge is 0.331 e. The van der Waals surface area contributed by atoms with E-state index in [0.29, 0.717) is 6.54 Å². The van der Waals surface area contributed by atoms with Crippen LogP contribution in [0.15, 0.2) is 18.2 Å². The predicted octanol–water partition coefficient (Wildman–Crippen LogP) is 2.38. The Labute approximate surface area is 106 Å². The van der Waals surface area contributed by atoms with Crippen molar-refractivity contribution in [3.63, 3.8) is 0 Å². The number of carbonyl (C=O) groups is 1. The third-order valence-electron chi connectivity index (χ3n) is 2.50. The van der Waals surface area contributed by atoms with Crippen molar-refractivity contribution < 1.29 is 13.6 Å². The van der Waals surface area contributed by atoms with Crippen molar-refractivity contribution in [1.29, 1.82) is 0 Å². The summed E-state index contributed by atoms with van der Waals surface area (Å²) in [6.45, 7) is 2.61. The summed E-state index contributed by atoms with van der Waals surface area (Å²) in [5.41, 5.74) is 0.0538. The molecule has 0 unspecified atom stereocenters. The molecular weight excluding hydrogens is 236 g/mol. The first-order chi connectivity index (χ1) is 8.60.